The van der Waals surface area contributed by atoms with E-state index in [1.165, 1.54) is 0 Å². The van der Waals surface area contributed by atoms with E-state index in [9.17, 15) is 16.8 Å². The first kappa shape index (κ1) is 29.0. The molecule has 0 fully saturated rings. The minimum atomic E-state index is -3.36. The molecule has 0 aliphatic heterocycles. The van der Waals surface area contributed by atoms with Crippen molar-refractivity contribution in [3.8, 4) is 0 Å². The molecule has 0 amide bonds. The fourth-order valence-corrected chi connectivity index (χ4v) is 2.76. The highest BCUT2D eigenvalue weighted by Crippen LogP contribution is 2.09. The highest BCUT2D eigenvalue weighted by molar-refractivity contribution is 14.1. The summed E-state index contributed by atoms with van der Waals surface area (Å²) >= 11 is 4.32. The Morgan fingerprint density at radius 2 is 1.41 bits per heavy atom. The molecule has 0 aromatic carbocycles. The maximum Gasteiger partial charge on any atom is 0.264 e. The molecule has 0 radical (unpaired) electrons. The van der Waals surface area contributed by atoms with Gasteiger partial charge in [-0.05, 0) is 59.0 Å². The Morgan fingerprint density at radius 1 is 1.03 bits per heavy atom. The summed E-state index contributed by atoms with van der Waals surface area (Å²) in [6, 6.07) is -0.00300. The van der Waals surface area contributed by atoms with Gasteiger partial charge in [-0.15, -0.1) is 0 Å². The number of aliphatic hydroxyl groups excluding tert-OH is 1. The number of halogens is 3. The Hall–Kier alpha value is -0.0100. The average Bonchev–Trinajstić information content (AvgIpc) is 3.19. The van der Waals surface area contributed by atoms with Crippen molar-refractivity contribution in [2.24, 2.45) is 0 Å². The lowest BCUT2D eigenvalue weighted by Gasteiger charge is -2.10. The van der Waals surface area contributed by atoms with Crippen molar-refractivity contribution in [1.29, 1.82) is 0 Å². The van der Waals surface area contributed by atoms with Gasteiger partial charge in [0.25, 0.3) is 10.1 Å². The van der Waals surface area contributed by atoms with Gasteiger partial charge in [0.15, 0.2) is 0 Å². The number of hydrogen-bond acceptors (Lipinski definition) is 8. The fraction of sp³-hybridized carbons (Fsp3) is 0.571. The molecule has 0 bridgehead atoms. The van der Waals surface area contributed by atoms with E-state index < -0.39 is 19.2 Å². The van der Waals surface area contributed by atoms with Gasteiger partial charge in [0.2, 0.25) is 9.05 Å². The van der Waals surface area contributed by atoms with Crippen LogP contribution in [0, 0.1) is 7.14 Å². The first-order chi connectivity index (χ1) is 13.1. The zero-order valence-electron chi connectivity index (χ0n) is 16.1. The topological polar surface area (TPSA) is 133 Å². The van der Waals surface area contributed by atoms with Gasteiger partial charge in [-0.2, -0.15) is 18.6 Å². The standard InChI is InChI=1S/C7H11IN2O3S.C6H9IN2O.CH3ClO2S/c1-6(5-13-14(2,11)12)10-4-7(8)3-9-10;1-5(4-10)9-3-6(7)2-8-9;1-5(2,3)4/h3-4,6H,5H2,1-2H3;2-3,5,10H,4H2,1H3;1H3. The molecule has 1 N–H and O–H groups in total. The van der Waals surface area contributed by atoms with E-state index in [1.54, 1.807) is 21.8 Å². The second-order valence-corrected chi connectivity index (χ2v) is 13.0. The lowest BCUT2D eigenvalue weighted by Crippen LogP contribution is -2.15. The average molecular weight is 697 g/mol. The third kappa shape index (κ3) is 16.4. The van der Waals surface area contributed by atoms with Crippen molar-refractivity contribution in [2.45, 2.75) is 25.9 Å². The Morgan fingerprint density at radius 3 is 1.69 bits per heavy atom. The number of hydrogen-bond donors (Lipinski definition) is 1. The first-order valence-corrected chi connectivity index (χ1v) is 14.6. The molecule has 2 heterocycles. The Bertz CT molecular complexity index is 941. The van der Waals surface area contributed by atoms with Gasteiger partial charge in [0.1, 0.15) is 0 Å². The molecule has 29 heavy (non-hydrogen) atoms. The molecule has 10 nitrogen and oxygen atoms in total. The zero-order valence-corrected chi connectivity index (χ0v) is 22.8. The summed E-state index contributed by atoms with van der Waals surface area (Å²) in [7, 11) is -2.06. The molecule has 2 aromatic heterocycles. The summed E-state index contributed by atoms with van der Waals surface area (Å²) in [5.74, 6) is 0. The third-order valence-corrected chi connectivity index (χ3v) is 4.51. The Kier molecular flexibility index (Phi) is 13.4. The summed E-state index contributed by atoms with van der Waals surface area (Å²) in [6.07, 6.45) is 9.17. The molecule has 0 aliphatic carbocycles. The summed E-state index contributed by atoms with van der Waals surface area (Å²) in [4.78, 5) is 0. The van der Waals surface area contributed by atoms with Gasteiger partial charge in [0.05, 0.1) is 57.3 Å². The second-order valence-electron chi connectivity index (χ2n) is 5.83. The summed E-state index contributed by atoms with van der Waals surface area (Å²) in [6.45, 7) is 4.01. The van der Waals surface area contributed by atoms with Crippen LogP contribution in [-0.4, -0.2) is 67.2 Å². The molecule has 0 aliphatic rings. The van der Waals surface area contributed by atoms with Crippen LogP contribution in [0.15, 0.2) is 24.8 Å². The van der Waals surface area contributed by atoms with Crippen LogP contribution < -0.4 is 0 Å². The predicted octanol–water partition coefficient (Wildman–Crippen LogP) is 2.25. The third-order valence-electron chi connectivity index (χ3n) is 2.83. The van der Waals surface area contributed by atoms with Crippen LogP contribution in [0.2, 0.25) is 0 Å². The summed E-state index contributed by atoms with van der Waals surface area (Å²) in [5, 5.41) is 16.8. The van der Waals surface area contributed by atoms with Crippen LogP contribution in [0.1, 0.15) is 25.9 Å². The molecule has 0 spiro atoms. The van der Waals surface area contributed by atoms with Gasteiger partial charge in [-0.3, -0.25) is 13.5 Å². The fourth-order valence-electron chi connectivity index (χ4n) is 1.49. The van der Waals surface area contributed by atoms with Crippen molar-refractivity contribution >= 4 is 75.0 Å². The van der Waals surface area contributed by atoms with Gasteiger partial charge in [0, 0.05) is 23.1 Å². The smallest absolute Gasteiger partial charge is 0.264 e. The monoisotopic (exact) mass is 696 g/mol. The molecular weight excluding hydrogens is 674 g/mol. The minimum absolute atomic E-state index is 0.0866. The van der Waals surface area contributed by atoms with Crippen molar-refractivity contribution in [3.05, 3.63) is 31.9 Å². The quantitative estimate of drug-likeness (QED) is 0.277. The maximum absolute atomic E-state index is 10.7. The molecular formula is C14H23ClI2N4O6S2. The van der Waals surface area contributed by atoms with Crippen molar-refractivity contribution in [2.75, 3.05) is 25.7 Å². The van der Waals surface area contributed by atoms with E-state index in [1.807, 2.05) is 26.2 Å². The van der Waals surface area contributed by atoms with Crippen LogP contribution in [0.25, 0.3) is 0 Å². The molecule has 15 heteroatoms. The number of nitrogens with zero attached hydrogens (tertiary/aromatic N) is 4. The van der Waals surface area contributed by atoms with Crippen LogP contribution >= 0.6 is 55.9 Å². The van der Waals surface area contributed by atoms with E-state index >= 15 is 0 Å². The second kappa shape index (κ2) is 13.4. The van der Waals surface area contributed by atoms with Crippen molar-refractivity contribution < 1.29 is 26.1 Å². The number of rotatable bonds is 6. The van der Waals surface area contributed by atoms with Gasteiger partial charge >= 0.3 is 0 Å². The van der Waals surface area contributed by atoms with Crippen LogP contribution in [0.3, 0.4) is 0 Å². The zero-order chi connectivity index (χ0) is 22.8. The van der Waals surface area contributed by atoms with E-state index in [0.29, 0.717) is 0 Å². The summed E-state index contributed by atoms with van der Waals surface area (Å²) < 4.78 is 50.4. The van der Waals surface area contributed by atoms with E-state index in [-0.39, 0.29) is 25.3 Å². The van der Waals surface area contributed by atoms with Crippen LogP contribution in [-0.2, 0) is 23.4 Å². The predicted molar refractivity (Wildman–Crippen MR) is 128 cm³/mol. The molecule has 2 unspecified atom stereocenters. The highest BCUT2D eigenvalue weighted by atomic mass is 127. The molecule has 2 atom stereocenters. The van der Waals surface area contributed by atoms with Crippen molar-refractivity contribution in [1.82, 2.24) is 19.6 Å². The SMILES string of the molecule is CC(CO)n1cc(I)cn1.CC(COS(C)(=O)=O)n1cc(I)cn1.CS(=O)(=O)Cl. The van der Waals surface area contributed by atoms with Crippen LogP contribution in [0.4, 0.5) is 0 Å². The maximum atomic E-state index is 10.7. The van der Waals surface area contributed by atoms with Crippen LogP contribution in [0.5, 0.6) is 0 Å². The highest BCUT2D eigenvalue weighted by Gasteiger charge is 2.10. The van der Waals surface area contributed by atoms with Crippen molar-refractivity contribution in [3.63, 3.8) is 0 Å². The van der Waals surface area contributed by atoms with E-state index in [0.717, 1.165) is 19.7 Å². The minimum Gasteiger partial charge on any atom is -0.394 e. The lowest BCUT2D eigenvalue weighted by atomic mass is 10.4. The normalized spacial score (nSPS) is 13.5. The largest absolute Gasteiger partial charge is 0.394 e. The van der Waals surface area contributed by atoms with Gasteiger partial charge in [-0.1, -0.05) is 0 Å². The summed E-state index contributed by atoms with van der Waals surface area (Å²) in [5.41, 5.74) is 0. The van der Waals surface area contributed by atoms with E-state index in [2.05, 4.69) is 70.2 Å². The number of aromatic nitrogens is 4. The molecule has 168 valence electrons. The lowest BCUT2D eigenvalue weighted by molar-refractivity contribution is 0.229. The molecule has 2 aromatic rings. The molecule has 0 saturated heterocycles. The Balaban J connectivity index is 0.000000455. The van der Waals surface area contributed by atoms with Gasteiger partial charge in [-0.25, -0.2) is 8.42 Å². The Labute approximate surface area is 202 Å². The number of aliphatic hydroxyl groups is 1. The van der Waals surface area contributed by atoms with E-state index in [4.69, 9.17) is 5.11 Å². The van der Waals surface area contributed by atoms with Gasteiger partial charge < -0.3 is 5.11 Å². The molecule has 2 rings (SSSR count). The first-order valence-electron chi connectivity index (χ1n) is 7.86. The molecule has 0 saturated carbocycles.